The Morgan fingerprint density at radius 2 is 2.22 bits per heavy atom. The number of nitrogens with zero attached hydrogens (tertiary/aromatic N) is 5. The molecule has 0 aliphatic heterocycles. The van der Waals surface area contributed by atoms with E-state index in [4.69, 9.17) is 10.5 Å². The first-order valence-electron chi connectivity index (χ1n) is 10.0. The van der Waals surface area contributed by atoms with Crippen LogP contribution in [0.1, 0.15) is 18.2 Å². The molecule has 0 bridgehead atoms. The predicted molar refractivity (Wildman–Crippen MR) is 117 cm³/mol. The fourth-order valence-electron chi connectivity index (χ4n) is 3.05. The van der Waals surface area contributed by atoms with Crippen LogP contribution in [0.15, 0.2) is 40.2 Å². The zero-order valence-electron chi connectivity index (χ0n) is 17.4. The highest BCUT2D eigenvalue weighted by molar-refractivity contribution is 5.59. The fraction of sp³-hybridized carbons (Fsp3) is 0.250. The number of benzene rings is 1. The lowest BCUT2D eigenvalue weighted by Crippen LogP contribution is -2.24. The minimum atomic E-state index is -0.520. The molecule has 0 unspecified atom stereocenters. The second-order valence-electron chi connectivity index (χ2n) is 6.78. The van der Waals surface area contributed by atoms with Crippen LogP contribution in [-0.2, 0) is 11.3 Å². The zero-order chi connectivity index (χ0) is 22.5. The largest absolute Gasteiger partial charge is 0.493 e. The lowest BCUT2D eigenvalue weighted by molar-refractivity contribution is 0.155. The van der Waals surface area contributed by atoms with Gasteiger partial charge in [-0.3, -0.25) is 4.98 Å². The molecule has 3 aromatic heterocycles. The molecule has 12 heteroatoms. The number of fused-ring (bicyclic) bond motifs is 1. The predicted octanol–water partition coefficient (Wildman–Crippen LogP) is -0.466. The molecule has 0 fully saturated rings. The summed E-state index contributed by atoms with van der Waals surface area (Å²) in [6, 6.07) is 7.60. The van der Waals surface area contributed by atoms with E-state index in [1.165, 1.54) is 4.52 Å². The van der Waals surface area contributed by atoms with Gasteiger partial charge in [-0.15, -0.1) is 0 Å². The quantitative estimate of drug-likeness (QED) is 0.230. The van der Waals surface area contributed by atoms with Crippen molar-refractivity contribution in [2.75, 3.05) is 25.1 Å². The second-order valence-corrected chi connectivity index (χ2v) is 6.78. The van der Waals surface area contributed by atoms with E-state index < -0.39 is 5.69 Å². The summed E-state index contributed by atoms with van der Waals surface area (Å²) < 4.78 is 6.84. The highest BCUT2D eigenvalue weighted by Gasteiger charge is 2.09. The van der Waals surface area contributed by atoms with E-state index in [0.717, 1.165) is 11.3 Å². The van der Waals surface area contributed by atoms with Gasteiger partial charge in [0.05, 0.1) is 19.3 Å². The molecule has 12 nitrogen and oxygen atoms in total. The van der Waals surface area contributed by atoms with E-state index in [2.05, 4.69) is 35.3 Å². The molecule has 0 atom stereocenters. The van der Waals surface area contributed by atoms with E-state index >= 15 is 0 Å². The number of anilines is 2. The molecular formula is C20H23N9O3. The first kappa shape index (κ1) is 21.2. The van der Waals surface area contributed by atoms with E-state index in [9.17, 15) is 9.90 Å². The Labute approximate surface area is 181 Å². The van der Waals surface area contributed by atoms with Crippen LogP contribution in [0.25, 0.3) is 11.7 Å². The number of hydrogen-bond acceptors (Lipinski definition) is 9. The van der Waals surface area contributed by atoms with Crippen LogP contribution >= 0.6 is 0 Å². The van der Waals surface area contributed by atoms with Crippen LogP contribution in [0.4, 0.5) is 11.6 Å². The van der Waals surface area contributed by atoms with E-state index in [0.29, 0.717) is 48.7 Å². The summed E-state index contributed by atoms with van der Waals surface area (Å²) in [5, 5.41) is 17.9. The van der Waals surface area contributed by atoms with Gasteiger partial charge in [0.15, 0.2) is 5.65 Å². The molecule has 32 heavy (non-hydrogen) atoms. The molecule has 4 aromatic rings. The zero-order valence-corrected chi connectivity index (χ0v) is 17.4. The van der Waals surface area contributed by atoms with E-state index in [1.54, 1.807) is 12.3 Å². The van der Waals surface area contributed by atoms with Crippen molar-refractivity contribution in [3.63, 3.8) is 0 Å². The third-order valence-corrected chi connectivity index (χ3v) is 4.53. The van der Waals surface area contributed by atoms with Gasteiger partial charge in [0.2, 0.25) is 11.8 Å². The Morgan fingerprint density at radius 1 is 1.34 bits per heavy atom. The first-order chi connectivity index (χ1) is 15.6. The standard InChI is InChI=1S/C20H23N9O3/c1-2-32-7-6-22-19-28-18(24-14-5-3-4-12(8-14)10-21)26-16-13(11-23-29(16)19)9-15-17(30)27-20(31)25-15/h3-5,8-9,11,30H,2,6-7,10,21H2,1H3,(H,22,24,28)(H2,25,27,31)/b13-9-. The highest BCUT2D eigenvalue weighted by Crippen LogP contribution is 2.14. The minimum absolute atomic E-state index is 0.212. The third-order valence-electron chi connectivity index (χ3n) is 4.53. The lowest BCUT2D eigenvalue weighted by atomic mass is 10.2. The van der Waals surface area contributed by atoms with E-state index in [1.807, 2.05) is 31.2 Å². The number of nitrogens with two attached hydrogens (primary N) is 1. The summed E-state index contributed by atoms with van der Waals surface area (Å²) in [6.45, 7) is 3.76. The van der Waals surface area contributed by atoms with Crippen LogP contribution in [0, 0.1) is 0 Å². The number of hydrogen-bond donors (Lipinski definition) is 5. The van der Waals surface area contributed by atoms with Crippen molar-refractivity contribution in [1.82, 2.24) is 29.5 Å². The second kappa shape index (κ2) is 9.41. The molecule has 0 aliphatic carbocycles. The molecule has 6 N–H and O–H groups in total. The molecule has 1 aromatic carbocycles. The maximum atomic E-state index is 11.5. The van der Waals surface area contributed by atoms with Crippen molar-refractivity contribution >= 4 is 23.4 Å². The smallest absolute Gasteiger partial charge is 0.326 e. The number of aromatic amines is 2. The average Bonchev–Trinajstić information content (AvgIpc) is 3.33. The van der Waals surface area contributed by atoms with Crippen LogP contribution in [0.3, 0.4) is 0 Å². The summed E-state index contributed by atoms with van der Waals surface area (Å²) in [7, 11) is 0. The Hall–Kier alpha value is -4.03. The molecule has 0 aliphatic rings. The van der Waals surface area contributed by atoms with Crippen molar-refractivity contribution in [3.05, 3.63) is 63.0 Å². The monoisotopic (exact) mass is 437 g/mol. The van der Waals surface area contributed by atoms with E-state index in [-0.39, 0.29) is 11.6 Å². The van der Waals surface area contributed by atoms with Gasteiger partial charge in [-0.1, -0.05) is 12.1 Å². The Bertz CT molecular complexity index is 1400. The number of imidazole rings is 1. The maximum Gasteiger partial charge on any atom is 0.326 e. The summed E-state index contributed by atoms with van der Waals surface area (Å²) in [4.78, 5) is 29.8. The molecule has 166 valence electrons. The number of aromatic hydroxyl groups is 1. The normalized spacial score (nSPS) is 12.7. The Balaban J connectivity index is 1.82. The van der Waals surface area contributed by atoms with Crippen molar-refractivity contribution in [3.8, 4) is 5.88 Å². The van der Waals surface area contributed by atoms with Gasteiger partial charge in [0.25, 0.3) is 5.62 Å². The molecule has 0 amide bonds. The number of aromatic nitrogens is 6. The summed E-state index contributed by atoms with van der Waals surface area (Å²) in [5.41, 5.74) is 7.93. The number of nitrogens with one attached hydrogen (secondary N) is 3. The van der Waals surface area contributed by atoms with Crippen molar-refractivity contribution in [2.24, 2.45) is 10.7 Å². The van der Waals surface area contributed by atoms with Crippen molar-refractivity contribution < 1.29 is 9.84 Å². The van der Waals surface area contributed by atoms with Gasteiger partial charge in [-0.25, -0.2) is 9.79 Å². The van der Waals surface area contributed by atoms with Crippen molar-refractivity contribution in [1.29, 1.82) is 0 Å². The molecule has 0 saturated carbocycles. The Morgan fingerprint density at radius 3 is 2.97 bits per heavy atom. The topological polar surface area (TPSA) is 172 Å². The molecule has 0 spiro atoms. The maximum absolute atomic E-state index is 11.5. The van der Waals surface area contributed by atoms with Crippen LogP contribution < -0.4 is 27.6 Å². The number of ether oxygens (including phenoxy) is 1. The molecule has 3 heterocycles. The number of rotatable bonds is 8. The van der Waals surface area contributed by atoms with Gasteiger partial charge < -0.3 is 25.9 Å². The Kier molecular flexibility index (Phi) is 6.24. The third kappa shape index (κ3) is 4.66. The van der Waals surface area contributed by atoms with Crippen LogP contribution in [0.2, 0.25) is 0 Å². The summed E-state index contributed by atoms with van der Waals surface area (Å²) in [6.07, 6.45) is 3.11. The van der Waals surface area contributed by atoms with Gasteiger partial charge >= 0.3 is 5.69 Å². The highest BCUT2D eigenvalue weighted by atomic mass is 16.5. The molecular weight excluding hydrogens is 414 g/mol. The fourth-order valence-corrected chi connectivity index (χ4v) is 3.05. The van der Waals surface area contributed by atoms with Crippen molar-refractivity contribution in [2.45, 2.75) is 13.5 Å². The van der Waals surface area contributed by atoms with Crippen LogP contribution in [0.5, 0.6) is 5.88 Å². The molecule has 0 radical (unpaired) electrons. The summed E-state index contributed by atoms with van der Waals surface area (Å²) >= 11 is 0. The molecule has 4 rings (SSSR count). The lowest BCUT2D eigenvalue weighted by Gasteiger charge is -2.07. The average molecular weight is 437 g/mol. The first-order valence-corrected chi connectivity index (χ1v) is 10.0. The van der Waals surface area contributed by atoms with Gasteiger partial charge in [0.1, 0.15) is 5.69 Å². The van der Waals surface area contributed by atoms with Gasteiger partial charge in [0, 0.05) is 24.1 Å². The minimum Gasteiger partial charge on any atom is -0.493 e. The van der Waals surface area contributed by atoms with Crippen LogP contribution in [-0.4, -0.2) is 54.4 Å². The van der Waals surface area contributed by atoms with Gasteiger partial charge in [-0.2, -0.15) is 19.6 Å². The number of H-pyrrole nitrogens is 2. The SMILES string of the molecule is CCOCCN=c1nc(Nc2cccc(CN)c2)nc2/c(=C\c3[nH]c(=O)[nH]c3O)cnn12. The molecule has 0 saturated heterocycles. The van der Waals surface area contributed by atoms with Gasteiger partial charge in [-0.05, 0) is 30.7 Å². The summed E-state index contributed by atoms with van der Waals surface area (Å²) in [5.74, 6) is 0.0331.